The van der Waals surface area contributed by atoms with Crippen LogP contribution in [0.4, 0.5) is 5.82 Å². The maximum atomic E-state index is 4.57. The summed E-state index contributed by atoms with van der Waals surface area (Å²) in [6.45, 7) is 3.06. The van der Waals surface area contributed by atoms with Crippen molar-refractivity contribution in [2.24, 2.45) is 0 Å². The first kappa shape index (κ1) is 13.0. The molecule has 0 amide bonds. The van der Waals surface area contributed by atoms with Crippen molar-refractivity contribution in [1.82, 2.24) is 15.0 Å². The van der Waals surface area contributed by atoms with Crippen molar-refractivity contribution < 1.29 is 0 Å². The van der Waals surface area contributed by atoms with Gasteiger partial charge in [0.15, 0.2) is 0 Å². The van der Waals surface area contributed by atoms with Gasteiger partial charge in [-0.15, -0.1) is 0 Å². The number of pyridine rings is 1. The number of nitrogens with zero attached hydrogens (tertiary/aromatic N) is 4. The molecule has 20 heavy (non-hydrogen) atoms. The van der Waals surface area contributed by atoms with E-state index in [2.05, 4.69) is 32.0 Å². The zero-order valence-electron chi connectivity index (χ0n) is 11.9. The van der Waals surface area contributed by atoms with Gasteiger partial charge in [-0.05, 0) is 56.4 Å². The fraction of sp³-hybridized carbons (Fsp3) is 0.438. The maximum Gasteiger partial charge on any atom is 0.132 e. The third-order valence-electron chi connectivity index (χ3n) is 3.95. The van der Waals surface area contributed by atoms with E-state index in [0.29, 0.717) is 6.04 Å². The van der Waals surface area contributed by atoms with Gasteiger partial charge < -0.3 is 4.90 Å². The fourth-order valence-electron chi connectivity index (χ4n) is 2.92. The summed E-state index contributed by atoms with van der Waals surface area (Å²) < 4.78 is 0. The highest BCUT2D eigenvalue weighted by atomic mass is 15.2. The van der Waals surface area contributed by atoms with Gasteiger partial charge in [0.1, 0.15) is 11.6 Å². The SMILES string of the molecule is Cc1nccc(N2CCC[C@@H]2CCc2ccncc2)n1. The van der Waals surface area contributed by atoms with Gasteiger partial charge in [0, 0.05) is 31.2 Å². The molecule has 1 fully saturated rings. The van der Waals surface area contributed by atoms with Crippen molar-refractivity contribution >= 4 is 5.82 Å². The Morgan fingerprint density at radius 1 is 1.20 bits per heavy atom. The summed E-state index contributed by atoms with van der Waals surface area (Å²) in [5.74, 6) is 1.93. The minimum atomic E-state index is 0.595. The minimum absolute atomic E-state index is 0.595. The largest absolute Gasteiger partial charge is 0.354 e. The predicted octanol–water partition coefficient (Wildman–Crippen LogP) is 2.78. The second kappa shape index (κ2) is 5.99. The molecule has 0 bridgehead atoms. The Hall–Kier alpha value is -1.97. The molecule has 0 radical (unpaired) electrons. The molecule has 0 aromatic carbocycles. The van der Waals surface area contributed by atoms with E-state index in [1.807, 2.05) is 31.6 Å². The molecule has 4 nitrogen and oxygen atoms in total. The zero-order chi connectivity index (χ0) is 13.8. The number of aromatic nitrogens is 3. The Labute approximate surface area is 119 Å². The van der Waals surface area contributed by atoms with Crippen LogP contribution in [0.1, 0.15) is 30.7 Å². The number of hydrogen-bond donors (Lipinski definition) is 0. The van der Waals surface area contributed by atoms with Gasteiger partial charge in [-0.1, -0.05) is 0 Å². The van der Waals surface area contributed by atoms with Crippen LogP contribution in [-0.2, 0) is 6.42 Å². The average Bonchev–Trinajstić information content (AvgIpc) is 2.95. The molecule has 3 rings (SSSR count). The number of rotatable bonds is 4. The first-order valence-corrected chi connectivity index (χ1v) is 7.28. The van der Waals surface area contributed by atoms with Gasteiger partial charge in [0.2, 0.25) is 0 Å². The molecule has 0 spiro atoms. The Morgan fingerprint density at radius 3 is 2.85 bits per heavy atom. The van der Waals surface area contributed by atoms with Crippen LogP contribution < -0.4 is 4.90 Å². The lowest BCUT2D eigenvalue weighted by molar-refractivity contribution is 0.605. The monoisotopic (exact) mass is 268 g/mol. The first-order valence-electron chi connectivity index (χ1n) is 7.28. The number of anilines is 1. The van der Waals surface area contributed by atoms with Gasteiger partial charge in [0.25, 0.3) is 0 Å². The van der Waals surface area contributed by atoms with Crippen LogP contribution in [-0.4, -0.2) is 27.5 Å². The summed E-state index contributed by atoms with van der Waals surface area (Å²) in [6, 6.07) is 6.83. The van der Waals surface area contributed by atoms with Crippen molar-refractivity contribution in [2.75, 3.05) is 11.4 Å². The van der Waals surface area contributed by atoms with E-state index in [0.717, 1.165) is 24.6 Å². The number of hydrogen-bond acceptors (Lipinski definition) is 4. The smallest absolute Gasteiger partial charge is 0.132 e. The van der Waals surface area contributed by atoms with Crippen LogP contribution in [0.25, 0.3) is 0 Å². The molecule has 0 unspecified atom stereocenters. The van der Waals surface area contributed by atoms with Crippen molar-refractivity contribution in [3.8, 4) is 0 Å². The summed E-state index contributed by atoms with van der Waals surface area (Å²) in [5.41, 5.74) is 1.37. The molecule has 1 saturated heterocycles. The van der Waals surface area contributed by atoms with E-state index < -0.39 is 0 Å². The summed E-state index contributed by atoms with van der Waals surface area (Å²) in [6.07, 6.45) is 10.4. The second-order valence-electron chi connectivity index (χ2n) is 5.35. The second-order valence-corrected chi connectivity index (χ2v) is 5.35. The lowest BCUT2D eigenvalue weighted by Crippen LogP contribution is -2.30. The molecule has 1 aliphatic rings. The Bertz CT molecular complexity index is 555. The van der Waals surface area contributed by atoms with E-state index in [1.165, 1.54) is 24.8 Å². The maximum absolute atomic E-state index is 4.57. The van der Waals surface area contributed by atoms with Gasteiger partial charge in [-0.3, -0.25) is 4.98 Å². The Kier molecular flexibility index (Phi) is 3.90. The molecule has 3 heterocycles. The van der Waals surface area contributed by atoms with E-state index >= 15 is 0 Å². The van der Waals surface area contributed by atoms with Crippen LogP contribution in [0.3, 0.4) is 0 Å². The van der Waals surface area contributed by atoms with Crippen LogP contribution in [0, 0.1) is 6.92 Å². The van der Waals surface area contributed by atoms with Crippen LogP contribution in [0.5, 0.6) is 0 Å². The van der Waals surface area contributed by atoms with Crippen molar-refractivity contribution in [1.29, 1.82) is 0 Å². The fourth-order valence-corrected chi connectivity index (χ4v) is 2.92. The van der Waals surface area contributed by atoms with E-state index in [4.69, 9.17) is 0 Å². The molecular formula is C16H20N4. The predicted molar refractivity (Wildman–Crippen MR) is 79.7 cm³/mol. The van der Waals surface area contributed by atoms with Crippen molar-refractivity contribution in [3.05, 3.63) is 48.2 Å². The van der Waals surface area contributed by atoms with E-state index in [9.17, 15) is 0 Å². The molecule has 104 valence electrons. The topological polar surface area (TPSA) is 41.9 Å². The molecule has 0 aliphatic carbocycles. The normalized spacial score (nSPS) is 18.4. The third kappa shape index (κ3) is 2.95. The summed E-state index contributed by atoms with van der Waals surface area (Å²) in [5, 5.41) is 0. The Balaban J connectivity index is 1.67. The molecule has 0 saturated carbocycles. The highest BCUT2D eigenvalue weighted by Crippen LogP contribution is 2.26. The third-order valence-corrected chi connectivity index (χ3v) is 3.95. The zero-order valence-corrected chi connectivity index (χ0v) is 11.9. The molecule has 2 aromatic rings. The van der Waals surface area contributed by atoms with Crippen LogP contribution in [0.15, 0.2) is 36.8 Å². The van der Waals surface area contributed by atoms with Gasteiger partial charge >= 0.3 is 0 Å². The molecule has 4 heteroatoms. The average molecular weight is 268 g/mol. The summed E-state index contributed by atoms with van der Waals surface area (Å²) >= 11 is 0. The molecular weight excluding hydrogens is 248 g/mol. The lowest BCUT2D eigenvalue weighted by atomic mass is 10.0. The van der Waals surface area contributed by atoms with Gasteiger partial charge in [-0.25, -0.2) is 9.97 Å². The van der Waals surface area contributed by atoms with Crippen molar-refractivity contribution in [2.45, 2.75) is 38.6 Å². The Morgan fingerprint density at radius 2 is 2.05 bits per heavy atom. The standard InChI is InChI=1S/C16H20N4/c1-13-18-11-8-16(19-13)20-12-2-3-15(20)5-4-14-6-9-17-10-7-14/h6-11,15H,2-5,12H2,1H3/t15-/m1/s1. The highest BCUT2D eigenvalue weighted by molar-refractivity contribution is 5.40. The summed E-state index contributed by atoms with van der Waals surface area (Å²) in [7, 11) is 0. The first-order chi connectivity index (χ1) is 9.83. The van der Waals surface area contributed by atoms with E-state index in [-0.39, 0.29) is 0 Å². The molecule has 1 aliphatic heterocycles. The van der Waals surface area contributed by atoms with Crippen LogP contribution >= 0.6 is 0 Å². The summed E-state index contributed by atoms with van der Waals surface area (Å²) in [4.78, 5) is 15.3. The van der Waals surface area contributed by atoms with Crippen LogP contribution in [0.2, 0.25) is 0 Å². The van der Waals surface area contributed by atoms with Gasteiger partial charge in [0.05, 0.1) is 0 Å². The minimum Gasteiger partial charge on any atom is -0.354 e. The molecule has 0 N–H and O–H groups in total. The molecule has 1 atom stereocenters. The lowest BCUT2D eigenvalue weighted by Gasteiger charge is -2.25. The number of aryl methyl sites for hydroxylation is 2. The van der Waals surface area contributed by atoms with Crippen molar-refractivity contribution in [3.63, 3.8) is 0 Å². The van der Waals surface area contributed by atoms with E-state index in [1.54, 1.807) is 0 Å². The quantitative estimate of drug-likeness (QED) is 0.855. The molecule has 2 aromatic heterocycles. The highest BCUT2D eigenvalue weighted by Gasteiger charge is 2.25. The van der Waals surface area contributed by atoms with Gasteiger partial charge in [-0.2, -0.15) is 0 Å².